The van der Waals surface area contributed by atoms with Gasteiger partial charge in [0, 0.05) is 5.02 Å². The summed E-state index contributed by atoms with van der Waals surface area (Å²) in [5.74, 6) is 0. The normalized spacial score (nSPS) is 21.1. The molecule has 4 heteroatoms. The molecular weight excluding hydrogens is 253 g/mol. The van der Waals surface area contributed by atoms with Crippen LogP contribution in [-0.4, -0.2) is 0 Å². The fourth-order valence-electron chi connectivity index (χ4n) is 1.14. The quantitative estimate of drug-likeness (QED) is 0.783. The molecule has 0 saturated heterocycles. The monoisotopic (exact) mass is 259 g/mol. The third-order valence-corrected chi connectivity index (χ3v) is 2.46. The van der Waals surface area contributed by atoms with Gasteiger partial charge in [-0.2, -0.15) is 0 Å². The summed E-state index contributed by atoms with van der Waals surface area (Å²) in [5.41, 5.74) is 3.80. The van der Waals surface area contributed by atoms with Crippen LogP contribution in [0.3, 0.4) is 0 Å². The molecule has 1 aromatic carbocycles. The summed E-state index contributed by atoms with van der Waals surface area (Å²) in [4.78, 5) is 5.26. The summed E-state index contributed by atoms with van der Waals surface area (Å²) in [7, 11) is 0. The first kappa shape index (κ1) is 9.06. The highest BCUT2D eigenvalue weighted by molar-refractivity contribution is 9.11. The van der Waals surface area contributed by atoms with Gasteiger partial charge < -0.3 is 0 Å². The molecule has 0 radical (unpaired) electrons. The van der Waals surface area contributed by atoms with Gasteiger partial charge in [-0.3, -0.25) is 10.3 Å². The van der Waals surface area contributed by atoms with E-state index in [1.165, 1.54) is 0 Å². The van der Waals surface area contributed by atoms with E-state index in [-0.39, 0.29) is 6.10 Å². The van der Waals surface area contributed by atoms with Gasteiger partial charge in [0.15, 0.2) is 0 Å². The summed E-state index contributed by atoms with van der Waals surface area (Å²) < 4.78 is 0.854. The summed E-state index contributed by atoms with van der Waals surface area (Å²) >= 11 is 9.06. The smallest absolute Gasteiger partial charge is 0.131 e. The van der Waals surface area contributed by atoms with E-state index in [0.29, 0.717) is 0 Å². The van der Waals surface area contributed by atoms with E-state index < -0.39 is 0 Å². The molecule has 0 saturated carbocycles. The van der Waals surface area contributed by atoms with Crippen molar-refractivity contribution < 1.29 is 4.84 Å². The van der Waals surface area contributed by atoms with Crippen molar-refractivity contribution in [2.45, 2.75) is 6.10 Å². The molecule has 0 unspecified atom stereocenters. The molecule has 0 amide bonds. The zero-order chi connectivity index (χ0) is 9.26. The highest BCUT2D eigenvalue weighted by Gasteiger charge is 2.16. The molecule has 1 N–H and O–H groups in total. The van der Waals surface area contributed by atoms with Gasteiger partial charge in [0.1, 0.15) is 10.7 Å². The largest absolute Gasteiger partial charge is 0.263 e. The summed E-state index contributed by atoms with van der Waals surface area (Å²) in [5, 5.41) is 0.734. The minimum Gasteiger partial charge on any atom is -0.263 e. The minimum atomic E-state index is -0.0355. The molecule has 2 rings (SSSR count). The van der Waals surface area contributed by atoms with Gasteiger partial charge in [-0.1, -0.05) is 23.7 Å². The molecule has 0 aromatic heterocycles. The van der Waals surface area contributed by atoms with Crippen molar-refractivity contribution >= 4 is 27.5 Å². The molecule has 68 valence electrons. The molecule has 1 atom stereocenters. The third-order valence-electron chi connectivity index (χ3n) is 1.78. The van der Waals surface area contributed by atoms with Crippen LogP contribution in [0.15, 0.2) is 34.9 Å². The Labute approximate surface area is 89.6 Å². The van der Waals surface area contributed by atoms with Crippen molar-refractivity contribution in [3.63, 3.8) is 0 Å². The van der Waals surface area contributed by atoms with Gasteiger partial charge in [-0.15, -0.1) is 0 Å². The Balaban J connectivity index is 2.22. The van der Waals surface area contributed by atoms with Crippen LogP contribution >= 0.6 is 27.5 Å². The number of hydroxylamine groups is 1. The molecule has 0 bridgehead atoms. The van der Waals surface area contributed by atoms with Crippen molar-refractivity contribution in [2.75, 3.05) is 0 Å². The predicted octanol–water partition coefficient (Wildman–Crippen LogP) is 3.15. The highest BCUT2D eigenvalue weighted by Crippen LogP contribution is 2.26. The van der Waals surface area contributed by atoms with Crippen molar-refractivity contribution in [3.05, 3.63) is 45.5 Å². The molecular formula is C9H7BrClNO. The number of nitrogens with one attached hydrogen (secondary N) is 1. The lowest BCUT2D eigenvalue weighted by Gasteiger charge is -2.06. The van der Waals surface area contributed by atoms with Gasteiger partial charge in [0.2, 0.25) is 0 Å². The average molecular weight is 261 g/mol. The molecule has 1 heterocycles. The van der Waals surface area contributed by atoms with Gasteiger partial charge in [-0.25, -0.2) is 0 Å². The summed E-state index contributed by atoms with van der Waals surface area (Å²) in [6, 6.07) is 7.58. The maximum Gasteiger partial charge on any atom is 0.131 e. The molecule has 0 fully saturated rings. The molecule has 13 heavy (non-hydrogen) atoms. The Bertz CT molecular complexity index is 336. The number of hydrogen-bond acceptors (Lipinski definition) is 2. The lowest BCUT2D eigenvalue weighted by Crippen LogP contribution is -2.04. The van der Waals surface area contributed by atoms with E-state index in [9.17, 15) is 0 Å². The average Bonchev–Trinajstić information content (AvgIpc) is 2.53. The van der Waals surface area contributed by atoms with E-state index >= 15 is 0 Å². The first-order valence-corrected chi connectivity index (χ1v) is 4.97. The summed E-state index contributed by atoms with van der Waals surface area (Å²) in [6.45, 7) is 0. The van der Waals surface area contributed by atoms with Crippen LogP contribution in [-0.2, 0) is 4.84 Å². The van der Waals surface area contributed by atoms with Crippen LogP contribution in [0.5, 0.6) is 0 Å². The standard InChI is InChI=1S/C9H7BrClNO/c10-9-5-8(13-12-9)6-1-3-7(11)4-2-6/h1-5,8,12H/t8-/m1/s1. The lowest BCUT2D eigenvalue weighted by molar-refractivity contribution is 0.0458. The lowest BCUT2D eigenvalue weighted by atomic mass is 10.1. The second-order valence-corrected chi connectivity index (χ2v) is 4.00. The van der Waals surface area contributed by atoms with Gasteiger partial charge in [-0.05, 0) is 39.7 Å². The van der Waals surface area contributed by atoms with Crippen LogP contribution in [0.25, 0.3) is 0 Å². The first-order chi connectivity index (χ1) is 6.25. The Kier molecular flexibility index (Phi) is 2.58. The van der Waals surface area contributed by atoms with Crippen LogP contribution in [0, 0.1) is 0 Å². The topological polar surface area (TPSA) is 21.3 Å². The van der Waals surface area contributed by atoms with Gasteiger partial charge in [0.05, 0.1) is 0 Å². The second kappa shape index (κ2) is 3.70. The maximum atomic E-state index is 5.77. The summed E-state index contributed by atoms with van der Waals surface area (Å²) in [6.07, 6.45) is 1.91. The van der Waals surface area contributed by atoms with Crippen LogP contribution < -0.4 is 5.48 Å². The van der Waals surface area contributed by atoms with E-state index in [0.717, 1.165) is 15.2 Å². The van der Waals surface area contributed by atoms with Gasteiger partial charge in [0.25, 0.3) is 0 Å². The minimum absolute atomic E-state index is 0.0355. The number of rotatable bonds is 1. The fraction of sp³-hybridized carbons (Fsp3) is 0.111. The second-order valence-electron chi connectivity index (χ2n) is 2.71. The van der Waals surface area contributed by atoms with E-state index in [1.54, 1.807) is 0 Å². The maximum absolute atomic E-state index is 5.77. The zero-order valence-electron chi connectivity index (χ0n) is 6.63. The zero-order valence-corrected chi connectivity index (χ0v) is 8.97. The number of hydrogen-bond donors (Lipinski definition) is 1. The van der Waals surface area contributed by atoms with Crippen LogP contribution in [0.4, 0.5) is 0 Å². The Morgan fingerprint density at radius 3 is 2.54 bits per heavy atom. The highest BCUT2D eigenvalue weighted by atomic mass is 79.9. The molecule has 1 aliphatic heterocycles. The number of benzene rings is 1. The molecule has 1 aliphatic rings. The molecule has 0 aliphatic carbocycles. The van der Waals surface area contributed by atoms with Crippen molar-refractivity contribution in [2.24, 2.45) is 0 Å². The Hall–Kier alpha value is -0.510. The van der Waals surface area contributed by atoms with Crippen molar-refractivity contribution in [1.82, 2.24) is 5.48 Å². The van der Waals surface area contributed by atoms with Crippen molar-refractivity contribution in [1.29, 1.82) is 0 Å². The SMILES string of the molecule is Clc1ccc([C@H]2C=C(Br)NO2)cc1. The van der Waals surface area contributed by atoms with E-state index in [1.807, 2.05) is 30.3 Å². The Morgan fingerprint density at radius 2 is 2.00 bits per heavy atom. The Morgan fingerprint density at radius 1 is 1.31 bits per heavy atom. The van der Waals surface area contributed by atoms with E-state index in [4.69, 9.17) is 16.4 Å². The van der Waals surface area contributed by atoms with Crippen LogP contribution in [0.1, 0.15) is 11.7 Å². The number of halogens is 2. The van der Waals surface area contributed by atoms with Crippen molar-refractivity contribution in [3.8, 4) is 0 Å². The molecule has 0 spiro atoms. The third kappa shape index (κ3) is 2.05. The molecule has 1 aromatic rings. The predicted molar refractivity (Wildman–Crippen MR) is 55.4 cm³/mol. The van der Waals surface area contributed by atoms with E-state index in [2.05, 4.69) is 21.4 Å². The molecule has 2 nitrogen and oxygen atoms in total. The fourth-order valence-corrected chi connectivity index (χ4v) is 1.60. The first-order valence-electron chi connectivity index (χ1n) is 3.80. The van der Waals surface area contributed by atoms with Crippen LogP contribution in [0.2, 0.25) is 5.02 Å². The van der Waals surface area contributed by atoms with Gasteiger partial charge >= 0.3 is 0 Å².